The van der Waals surface area contributed by atoms with Crippen LogP contribution in [0.5, 0.6) is 17.2 Å². The van der Waals surface area contributed by atoms with Gasteiger partial charge in [0, 0.05) is 17.2 Å². The second kappa shape index (κ2) is 4.42. The summed E-state index contributed by atoms with van der Waals surface area (Å²) in [7, 11) is 0. The predicted molar refractivity (Wildman–Crippen MR) is 74.2 cm³/mol. The van der Waals surface area contributed by atoms with E-state index in [0.717, 1.165) is 17.1 Å². The Kier molecular flexibility index (Phi) is 2.57. The van der Waals surface area contributed by atoms with Crippen molar-refractivity contribution in [1.29, 1.82) is 0 Å². The molecule has 0 radical (unpaired) electrons. The lowest BCUT2D eigenvalue weighted by Gasteiger charge is -2.17. The summed E-state index contributed by atoms with van der Waals surface area (Å²) in [5, 5.41) is 13.1. The van der Waals surface area contributed by atoms with Gasteiger partial charge < -0.3 is 14.6 Å². The highest BCUT2D eigenvalue weighted by Crippen LogP contribution is 2.38. The van der Waals surface area contributed by atoms with Crippen molar-refractivity contribution < 1.29 is 14.6 Å². The van der Waals surface area contributed by atoms with Crippen LogP contribution in [-0.2, 0) is 0 Å². The summed E-state index contributed by atoms with van der Waals surface area (Å²) in [6, 6.07) is 13.7. The van der Waals surface area contributed by atoms with Gasteiger partial charge in [0.1, 0.15) is 30.5 Å². The van der Waals surface area contributed by atoms with E-state index in [0.29, 0.717) is 13.2 Å². The normalized spacial score (nSPS) is 22.8. The third-order valence-electron chi connectivity index (χ3n) is 3.88. The van der Waals surface area contributed by atoms with Gasteiger partial charge in [-0.05, 0) is 18.2 Å². The van der Waals surface area contributed by atoms with Gasteiger partial charge in [-0.1, -0.05) is 18.2 Å². The Hall–Kier alpha value is -2.20. The van der Waals surface area contributed by atoms with Gasteiger partial charge in [0.05, 0.1) is 12.1 Å². The lowest BCUT2D eigenvalue weighted by Crippen LogP contribution is -2.28. The largest absolute Gasteiger partial charge is 0.508 e. The van der Waals surface area contributed by atoms with Crippen molar-refractivity contribution in [1.82, 2.24) is 5.32 Å². The number of hydrogen-bond donors (Lipinski definition) is 2. The number of para-hydroxylation sites is 1. The fraction of sp³-hybridized carbons (Fsp3) is 0.250. The van der Waals surface area contributed by atoms with Crippen LogP contribution in [0.3, 0.4) is 0 Å². The molecule has 0 aliphatic carbocycles. The molecule has 4 nitrogen and oxygen atoms in total. The fourth-order valence-electron chi connectivity index (χ4n) is 2.88. The van der Waals surface area contributed by atoms with E-state index < -0.39 is 0 Å². The summed E-state index contributed by atoms with van der Waals surface area (Å²) in [6.07, 6.45) is 0. The molecule has 2 unspecified atom stereocenters. The van der Waals surface area contributed by atoms with E-state index in [4.69, 9.17) is 9.47 Å². The average molecular weight is 269 g/mol. The Balaban J connectivity index is 1.58. The first-order valence-electron chi connectivity index (χ1n) is 6.75. The molecule has 0 aromatic heterocycles. The Labute approximate surface area is 117 Å². The molecule has 2 aromatic carbocycles. The molecule has 0 amide bonds. The number of ether oxygens (including phenoxy) is 2. The van der Waals surface area contributed by atoms with Gasteiger partial charge in [0.2, 0.25) is 0 Å². The quantitative estimate of drug-likeness (QED) is 0.879. The molecule has 0 fully saturated rings. The molecule has 4 heteroatoms. The predicted octanol–water partition coefficient (Wildman–Crippen LogP) is 2.55. The fourth-order valence-corrected chi connectivity index (χ4v) is 2.88. The topological polar surface area (TPSA) is 50.7 Å². The summed E-state index contributed by atoms with van der Waals surface area (Å²) in [5.74, 6) is 1.95. The molecule has 2 N–H and O–H groups in total. The Morgan fingerprint density at radius 3 is 2.45 bits per heavy atom. The van der Waals surface area contributed by atoms with Crippen molar-refractivity contribution in [2.75, 3.05) is 13.2 Å². The van der Waals surface area contributed by atoms with Gasteiger partial charge in [-0.2, -0.15) is 0 Å². The third-order valence-corrected chi connectivity index (χ3v) is 3.88. The van der Waals surface area contributed by atoms with E-state index in [-0.39, 0.29) is 17.8 Å². The maximum Gasteiger partial charge on any atom is 0.127 e. The molecule has 0 saturated heterocycles. The minimum Gasteiger partial charge on any atom is -0.508 e. The van der Waals surface area contributed by atoms with Crippen LogP contribution in [0.15, 0.2) is 42.5 Å². The zero-order valence-corrected chi connectivity index (χ0v) is 10.9. The van der Waals surface area contributed by atoms with Gasteiger partial charge >= 0.3 is 0 Å². The van der Waals surface area contributed by atoms with Crippen LogP contribution in [-0.4, -0.2) is 18.3 Å². The van der Waals surface area contributed by atoms with Crippen LogP contribution in [0.4, 0.5) is 0 Å². The number of aromatic hydroxyl groups is 1. The molecule has 2 aromatic rings. The van der Waals surface area contributed by atoms with Crippen LogP contribution >= 0.6 is 0 Å². The van der Waals surface area contributed by atoms with Crippen molar-refractivity contribution in [2.45, 2.75) is 12.1 Å². The molecule has 2 heterocycles. The van der Waals surface area contributed by atoms with Gasteiger partial charge in [0.15, 0.2) is 0 Å². The van der Waals surface area contributed by atoms with Crippen LogP contribution < -0.4 is 14.8 Å². The van der Waals surface area contributed by atoms with Crippen LogP contribution in [0.25, 0.3) is 0 Å². The summed E-state index contributed by atoms with van der Waals surface area (Å²) < 4.78 is 11.3. The molecule has 2 aliphatic heterocycles. The van der Waals surface area contributed by atoms with Crippen molar-refractivity contribution in [3.05, 3.63) is 53.6 Å². The monoisotopic (exact) mass is 269 g/mol. The number of benzene rings is 2. The molecule has 0 bridgehead atoms. The van der Waals surface area contributed by atoms with Crippen molar-refractivity contribution in [3.63, 3.8) is 0 Å². The SMILES string of the molecule is Oc1ccc2c(c1)OCC2NC1COc2ccccc21. The van der Waals surface area contributed by atoms with E-state index in [1.54, 1.807) is 12.1 Å². The zero-order chi connectivity index (χ0) is 13.5. The van der Waals surface area contributed by atoms with Gasteiger partial charge in [-0.25, -0.2) is 0 Å². The lowest BCUT2D eigenvalue weighted by molar-refractivity contribution is 0.266. The maximum atomic E-state index is 9.48. The third kappa shape index (κ3) is 1.80. The zero-order valence-electron chi connectivity index (χ0n) is 10.9. The Morgan fingerprint density at radius 1 is 0.900 bits per heavy atom. The van der Waals surface area contributed by atoms with Crippen molar-refractivity contribution in [3.8, 4) is 17.2 Å². The maximum absolute atomic E-state index is 9.48. The van der Waals surface area contributed by atoms with E-state index in [1.165, 1.54) is 5.56 Å². The highest BCUT2D eigenvalue weighted by molar-refractivity contribution is 5.45. The highest BCUT2D eigenvalue weighted by Gasteiger charge is 2.30. The summed E-state index contributed by atoms with van der Waals surface area (Å²) in [5.41, 5.74) is 2.28. The molecule has 20 heavy (non-hydrogen) atoms. The second-order valence-corrected chi connectivity index (χ2v) is 5.15. The lowest BCUT2D eigenvalue weighted by atomic mass is 10.0. The smallest absolute Gasteiger partial charge is 0.127 e. The molecule has 0 spiro atoms. The minimum atomic E-state index is 0.130. The van der Waals surface area contributed by atoms with Crippen LogP contribution in [0.1, 0.15) is 23.2 Å². The number of fused-ring (bicyclic) bond motifs is 2. The van der Waals surface area contributed by atoms with Crippen molar-refractivity contribution >= 4 is 0 Å². The number of hydrogen-bond acceptors (Lipinski definition) is 4. The second-order valence-electron chi connectivity index (χ2n) is 5.15. The summed E-state index contributed by atoms with van der Waals surface area (Å²) >= 11 is 0. The molecule has 2 atom stereocenters. The van der Waals surface area contributed by atoms with Crippen LogP contribution in [0.2, 0.25) is 0 Å². The first-order chi connectivity index (χ1) is 9.81. The van der Waals surface area contributed by atoms with E-state index in [1.807, 2.05) is 24.3 Å². The first-order valence-corrected chi connectivity index (χ1v) is 6.75. The molecular weight excluding hydrogens is 254 g/mol. The Morgan fingerprint density at radius 2 is 1.60 bits per heavy atom. The number of phenolic OH excluding ortho intramolecular Hbond substituents is 1. The number of phenols is 1. The van der Waals surface area contributed by atoms with E-state index >= 15 is 0 Å². The van der Waals surface area contributed by atoms with Gasteiger partial charge in [-0.3, -0.25) is 5.32 Å². The minimum absolute atomic E-state index is 0.130. The number of nitrogens with one attached hydrogen (secondary N) is 1. The van der Waals surface area contributed by atoms with Crippen molar-refractivity contribution in [2.24, 2.45) is 0 Å². The van der Waals surface area contributed by atoms with E-state index in [2.05, 4.69) is 11.4 Å². The van der Waals surface area contributed by atoms with Gasteiger partial charge in [0.25, 0.3) is 0 Å². The Bertz CT molecular complexity index is 656. The average Bonchev–Trinajstić information content (AvgIpc) is 3.04. The number of rotatable bonds is 2. The molecule has 4 rings (SSSR count). The van der Waals surface area contributed by atoms with Gasteiger partial charge in [-0.15, -0.1) is 0 Å². The highest BCUT2D eigenvalue weighted by atomic mass is 16.5. The molecule has 0 saturated carbocycles. The molecule has 102 valence electrons. The first kappa shape index (κ1) is 11.6. The summed E-state index contributed by atoms with van der Waals surface area (Å²) in [6.45, 7) is 1.22. The molecular formula is C16H15NO3. The summed E-state index contributed by atoms with van der Waals surface area (Å²) in [4.78, 5) is 0. The van der Waals surface area contributed by atoms with E-state index in [9.17, 15) is 5.11 Å². The van der Waals surface area contributed by atoms with Crippen LogP contribution in [0, 0.1) is 0 Å². The standard InChI is InChI=1S/C16H15NO3/c18-10-5-6-12-14(9-20-16(12)7-10)17-13-8-19-15-4-2-1-3-11(13)15/h1-7,13-14,17-18H,8-9H2. The molecule has 2 aliphatic rings.